The third-order valence-corrected chi connectivity index (χ3v) is 3.99. The fourth-order valence-corrected chi connectivity index (χ4v) is 2.74. The van der Waals surface area contributed by atoms with Crippen molar-refractivity contribution in [2.24, 2.45) is 5.41 Å². The lowest BCUT2D eigenvalue weighted by molar-refractivity contribution is -0.157. The summed E-state index contributed by atoms with van der Waals surface area (Å²) in [4.78, 5) is 23.5. The Morgan fingerprint density at radius 2 is 1.81 bits per heavy atom. The molecule has 0 saturated heterocycles. The summed E-state index contributed by atoms with van der Waals surface area (Å²) in [5, 5.41) is 9.40. The van der Waals surface area contributed by atoms with Crippen LogP contribution in [0.15, 0.2) is 24.3 Å². The molecule has 0 spiro atoms. The van der Waals surface area contributed by atoms with Gasteiger partial charge in [0.15, 0.2) is 5.78 Å². The third kappa shape index (κ3) is 3.09. The number of aliphatic carboxylic acids is 1. The van der Waals surface area contributed by atoms with E-state index >= 15 is 0 Å². The first-order valence-corrected chi connectivity index (χ1v) is 6.68. The SMILES string of the molecule is O=C(O)C1(Cc2ccc(C(F)(F)F)cc2)CCCCC1=O. The van der Waals surface area contributed by atoms with Crippen molar-refractivity contribution in [2.75, 3.05) is 0 Å². The molecule has 0 amide bonds. The van der Waals surface area contributed by atoms with Crippen molar-refractivity contribution in [1.82, 2.24) is 0 Å². The van der Waals surface area contributed by atoms with Crippen LogP contribution in [0.4, 0.5) is 13.2 Å². The Kier molecular flexibility index (Phi) is 4.07. The molecule has 1 unspecified atom stereocenters. The van der Waals surface area contributed by atoms with Gasteiger partial charge in [-0.15, -0.1) is 0 Å². The highest BCUT2D eigenvalue weighted by Crippen LogP contribution is 2.37. The largest absolute Gasteiger partial charge is 0.480 e. The van der Waals surface area contributed by atoms with E-state index in [1.165, 1.54) is 12.1 Å². The van der Waals surface area contributed by atoms with Gasteiger partial charge in [-0.3, -0.25) is 9.59 Å². The molecule has 1 aliphatic carbocycles. The maximum Gasteiger partial charge on any atom is 0.416 e. The van der Waals surface area contributed by atoms with E-state index in [1.54, 1.807) is 0 Å². The molecule has 6 heteroatoms. The van der Waals surface area contributed by atoms with Crippen molar-refractivity contribution in [2.45, 2.75) is 38.3 Å². The molecule has 1 aromatic rings. The van der Waals surface area contributed by atoms with Gasteiger partial charge in [-0.05, 0) is 37.0 Å². The number of alkyl halides is 3. The average molecular weight is 300 g/mol. The van der Waals surface area contributed by atoms with E-state index in [9.17, 15) is 27.9 Å². The maximum atomic E-state index is 12.5. The first-order valence-electron chi connectivity index (χ1n) is 6.68. The normalized spacial score (nSPS) is 23.1. The number of carboxylic acids is 1. The minimum atomic E-state index is -4.43. The summed E-state index contributed by atoms with van der Waals surface area (Å²) < 4.78 is 37.5. The van der Waals surface area contributed by atoms with Crippen molar-refractivity contribution in [1.29, 1.82) is 0 Å². The number of carbonyl (C=O) groups excluding carboxylic acids is 1. The molecule has 3 nitrogen and oxygen atoms in total. The van der Waals surface area contributed by atoms with E-state index in [1.807, 2.05) is 0 Å². The molecule has 21 heavy (non-hydrogen) atoms. The molecule has 1 N–H and O–H groups in total. The zero-order valence-electron chi connectivity index (χ0n) is 11.2. The van der Waals surface area contributed by atoms with E-state index in [-0.39, 0.29) is 25.0 Å². The Bertz CT molecular complexity index is 548. The lowest BCUT2D eigenvalue weighted by Crippen LogP contribution is -2.43. The van der Waals surface area contributed by atoms with Crippen LogP contribution in [0.5, 0.6) is 0 Å². The summed E-state index contributed by atoms with van der Waals surface area (Å²) in [5.41, 5.74) is -1.84. The number of Topliss-reactive ketones (excluding diaryl/α,β-unsaturated/α-hetero) is 1. The first kappa shape index (κ1) is 15.5. The Hall–Kier alpha value is -1.85. The van der Waals surface area contributed by atoms with Crippen LogP contribution in [0, 0.1) is 5.41 Å². The second-order valence-electron chi connectivity index (χ2n) is 5.39. The van der Waals surface area contributed by atoms with Crippen LogP contribution in [-0.2, 0) is 22.2 Å². The van der Waals surface area contributed by atoms with Gasteiger partial charge in [0.1, 0.15) is 5.41 Å². The molecule has 1 fully saturated rings. The zero-order chi connectivity index (χ0) is 15.7. The molecule has 0 aliphatic heterocycles. The second kappa shape index (κ2) is 5.50. The number of carbonyl (C=O) groups is 2. The van der Waals surface area contributed by atoms with Crippen LogP contribution in [-0.4, -0.2) is 16.9 Å². The number of halogens is 3. The van der Waals surface area contributed by atoms with Gasteiger partial charge >= 0.3 is 12.1 Å². The number of ketones is 1. The van der Waals surface area contributed by atoms with Crippen LogP contribution in [0.3, 0.4) is 0 Å². The fourth-order valence-electron chi connectivity index (χ4n) is 2.74. The molecule has 1 saturated carbocycles. The predicted octanol–water partition coefficient (Wildman–Crippen LogP) is 3.46. The van der Waals surface area contributed by atoms with Crippen molar-refractivity contribution < 1.29 is 27.9 Å². The van der Waals surface area contributed by atoms with Gasteiger partial charge in [-0.2, -0.15) is 13.2 Å². The minimum Gasteiger partial charge on any atom is -0.480 e. The van der Waals surface area contributed by atoms with Crippen LogP contribution in [0.25, 0.3) is 0 Å². The number of hydrogen-bond donors (Lipinski definition) is 1. The first-order chi connectivity index (χ1) is 9.75. The summed E-state index contributed by atoms with van der Waals surface area (Å²) in [5.74, 6) is -1.52. The van der Waals surface area contributed by atoms with Gasteiger partial charge in [-0.25, -0.2) is 0 Å². The molecule has 0 bridgehead atoms. The molecule has 0 radical (unpaired) electrons. The average Bonchev–Trinajstić information content (AvgIpc) is 2.41. The van der Waals surface area contributed by atoms with Gasteiger partial charge in [0, 0.05) is 6.42 Å². The highest BCUT2D eigenvalue weighted by molar-refractivity contribution is 6.03. The number of rotatable bonds is 3. The maximum absolute atomic E-state index is 12.5. The van der Waals surface area contributed by atoms with E-state index in [4.69, 9.17) is 0 Å². The smallest absolute Gasteiger partial charge is 0.416 e. The summed E-state index contributed by atoms with van der Waals surface area (Å²) in [6.45, 7) is 0. The minimum absolute atomic E-state index is 0.0562. The molecule has 1 aromatic carbocycles. The lowest BCUT2D eigenvalue weighted by atomic mass is 9.69. The van der Waals surface area contributed by atoms with Crippen molar-refractivity contribution >= 4 is 11.8 Å². The summed E-state index contributed by atoms with van der Waals surface area (Å²) >= 11 is 0. The topological polar surface area (TPSA) is 54.4 Å². The number of hydrogen-bond acceptors (Lipinski definition) is 2. The molecular formula is C15H15F3O3. The van der Waals surface area contributed by atoms with Crippen LogP contribution in [0.2, 0.25) is 0 Å². The second-order valence-corrected chi connectivity index (χ2v) is 5.39. The Balaban J connectivity index is 2.26. The van der Waals surface area contributed by atoms with Gasteiger partial charge < -0.3 is 5.11 Å². The van der Waals surface area contributed by atoms with Crippen LogP contribution < -0.4 is 0 Å². The highest BCUT2D eigenvalue weighted by Gasteiger charge is 2.46. The van der Waals surface area contributed by atoms with E-state index in [0.717, 1.165) is 12.1 Å². The highest BCUT2D eigenvalue weighted by atomic mass is 19.4. The van der Waals surface area contributed by atoms with E-state index in [2.05, 4.69) is 0 Å². The van der Waals surface area contributed by atoms with Crippen molar-refractivity contribution in [3.63, 3.8) is 0 Å². The molecular weight excluding hydrogens is 285 g/mol. The monoisotopic (exact) mass is 300 g/mol. The number of benzene rings is 1. The Labute approximate surface area is 119 Å². The zero-order valence-corrected chi connectivity index (χ0v) is 11.2. The standard InChI is InChI=1S/C15H15F3O3/c16-15(17,18)11-6-4-10(5-7-11)9-14(13(20)21)8-2-1-3-12(14)19/h4-7H,1-3,8-9H2,(H,20,21). The molecule has 0 aromatic heterocycles. The number of carboxylic acid groups (broad SMARTS) is 1. The summed E-state index contributed by atoms with van der Waals surface area (Å²) in [6, 6.07) is 4.32. The van der Waals surface area contributed by atoms with E-state index in [0.29, 0.717) is 18.4 Å². The molecule has 1 aliphatic rings. The van der Waals surface area contributed by atoms with Crippen LogP contribution >= 0.6 is 0 Å². The molecule has 114 valence electrons. The predicted molar refractivity (Wildman–Crippen MR) is 68.7 cm³/mol. The van der Waals surface area contributed by atoms with Crippen LogP contribution in [0.1, 0.15) is 36.8 Å². The van der Waals surface area contributed by atoms with Gasteiger partial charge in [0.05, 0.1) is 5.56 Å². The van der Waals surface area contributed by atoms with E-state index < -0.39 is 23.1 Å². The van der Waals surface area contributed by atoms with Gasteiger partial charge in [0.25, 0.3) is 0 Å². The molecule has 2 rings (SSSR count). The molecule has 1 atom stereocenters. The lowest BCUT2D eigenvalue weighted by Gasteiger charge is -2.31. The Morgan fingerprint density at radius 3 is 2.29 bits per heavy atom. The van der Waals surface area contributed by atoms with Crippen molar-refractivity contribution in [3.8, 4) is 0 Å². The fraction of sp³-hybridized carbons (Fsp3) is 0.467. The van der Waals surface area contributed by atoms with Crippen molar-refractivity contribution in [3.05, 3.63) is 35.4 Å². The quantitative estimate of drug-likeness (QED) is 0.870. The van der Waals surface area contributed by atoms with Gasteiger partial charge in [0.2, 0.25) is 0 Å². The van der Waals surface area contributed by atoms with Gasteiger partial charge in [-0.1, -0.05) is 18.6 Å². The molecule has 0 heterocycles. The Morgan fingerprint density at radius 1 is 1.19 bits per heavy atom. The summed E-state index contributed by atoms with van der Waals surface area (Å²) in [7, 11) is 0. The summed E-state index contributed by atoms with van der Waals surface area (Å²) in [6.07, 6.45) is -2.72. The third-order valence-electron chi connectivity index (χ3n) is 3.99.